The lowest BCUT2D eigenvalue weighted by Gasteiger charge is -2.24. The quantitative estimate of drug-likeness (QED) is 0.455. The lowest BCUT2D eigenvalue weighted by atomic mass is 10.00. The highest BCUT2D eigenvalue weighted by Crippen LogP contribution is 2.26. The minimum Gasteiger partial charge on any atom is -0.302 e. The Bertz CT molecular complexity index is 1050. The molecule has 1 N–H and O–H groups in total. The first-order chi connectivity index (χ1) is 14.2. The van der Waals surface area contributed by atoms with Gasteiger partial charge in [0, 0.05) is 17.4 Å². The number of hydrogen-bond donors (Lipinski definition) is 1. The van der Waals surface area contributed by atoms with E-state index < -0.39 is 0 Å². The second-order valence-corrected chi connectivity index (χ2v) is 7.07. The largest absolute Gasteiger partial charge is 0.302 e. The molecule has 0 aromatic heterocycles. The van der Waals surface area contributed by atoms with Crippen molar-refractivity contribution in [1.29, 1.82) is 0 Å². The third-order valence-corrected chi connectivity index (χ3v) is 5.13. The van der Waals surface area contributed by atoms with Crippen LogP contribution in [0.1, 0.15) is 18.5 Å². The summed E-state index contributed by atoms with van der Waals surface area (Å²) in [5.41, 5.74) is 2.92. The van der Waals surface area contributed by atoms with Gasteiger partial charge in [-0.1, -0.05) is 78.9 Å². The van der Waals surface area contributed by atoms with Crippen molar-refractivity contribution in [3.05, 3.63) is 109 Å². The van der Waals surface area contributed by atoms with Crippen LogP contribution in [0.15, 0.2) is 103 Å². The van der Waals surface area contributed by atoms with Gasteiger partial charge >= 0.3 is 0 Å². The number of para-hydroxylation sites is 2. The number of anilines is 2. The highest BCUT2D eigenvalue weighted by Gasteiger charge is 2.19. The van der Waals surface area contributed by atoms with Crippen LogP contribution >= 0.6 is 0 Å². The van der Waals surface area contributed by atoms with E-state index in [4.69, 9.17) is 0 Å². The maximum absolute atomic E-state index is 13.2. The number of fused-ring (bicyclic) bond motifs is 1. The Labute approximate surface area is 171 Å². The molecule has 0 saturated heterocycles. The van der Waals surface area contributed by atoms with Crippen molar-refractivity contribution in [3.8, 4) is 0 Å². The smallest absolute Gasteiger partial charge is 0.245 e. The molecule has 0 aliphatic rings. The first-order valence-corrected chi connectivity index (χ1v) is 9.88. The van der Waals surface area contributed by atoms with Crippen molar-refractivity contribution < 1.29 is 4.79 Å². The zero-order valence-electron chi connectivity index (χ0n) is 16.5. The topological polar surface area (TPSA) is 32.3 Å². The number of carbonyl (C=O) groups excluding carboxylic acids is 1. The van der Waals surface area contributed by atoms with Crippen LogP contribution in [0, 0.1) is 0 Å². The highest BCUT2D eigenvalue weighted by atomic mass is 16.2. The van der Waals surface area contributed by atoms with Gasteiger partial charge in [-0.3, -0.25) is 9.69 Å². The lowest BCUT2D eigenvalue weighted by Crippen LogP contribution is -2.36. The van der Waals surface area contributed by atoms with Crippen LogP contribution in [0.4, 0.5) is 11.4 Å². The monoisotopic (exact) mass is 380 g/mol. The summed E-state index contributed by atoms with van der Waals surface area (Å²) in [6.07, 6.45) is 0. The number of nitrogens with zero attached hydrogens (tertiary/aromatic N) is 1. The van der Waals surface area contributed by atoms with Crippen LogP contribution in [-0.4, -0.2) is 12.5 Å². The number of hydrogen-bond acceptors (Lipinski definition) is 2. The standard InChI is InChI=1S/C26H24N2O/c1-20(24-18-10-12-21-11-8-9-17-25(21)24)27-19-26(29)28(22-13-4-2-5-14-22)23-15-6-3-7-16-23/h2-18,20,27H,19H2,1H3/t20-/m0/s1. The van der Waals surface area contributed by atoms with Gasteiger partial charge in [0.15, 0.2) is 0 Å². The number of benzene rings is 4. The first kappa shape index (κ1) is 18.9. The third-order valence-electron chi connectivity index (χ3n) is 5.13. The summed E-state index contributed by atoms with van der Waals surface area (Å²) in [5, 5.41) is 5.84. The molecule has 4 rings (SSSR count). The maximum atomic E-state index is 13.2. The number of amides is 1. The minimum atomic E-state index is 0.00878. The highest BCUT2D eigenvalue weighted by molar-refractivity contribution is 6.01. The Kier molecular flexibility index (Phi) is 5.68. The molecule has 0 unspecified atom stereocenters. The van der Waals surface area contributed by atoms with Crippen LogP contribution in [-0.2, 0) is 4.79 Å². The van der Waals surface area contributed by atoms with Crippen molar-refractivity contribution in [2.45, 2.75) is 13.0 Å². The van der Waals surface area contributed by atoms with Gasteiger partial charge in [0.2, 0.25) is 5.91 Å². The number of carbonyl (C=O) groups is 1. The summed E-state index contributed by atoms with van der Waals surface area (Å²) < 4.78 is 0. The fourth-order valence-corrected chi connectivity index (χ4v) is 3.65. The summed E-state index contributed by atoms with van der Waals surface area (Å²) in [6, 6.07) is 34.2. The van der Waals surface area contributed by atoms with E-state index in [1.807, 2.05) is 66.7 Å². The summed E-state index contributed by atoms with van der Waals surface area (Å²) in [6.45, 7) is 2.35. The van der Waals surface area contributed by atoms with Gasteiger partial charge in [0.25, 0.3) is 0 Å². The number of rotatable bonds is 6. The van der Waals surface area contributed by atoms with Crippen LogP contribution in [0.5, 0.6) is 0 Å². The molecule has 1 atom stereocenters. The van der Waals surface area contributed by atoms with Crippen LogP contribution in [0.2, 0.25) is 0 Å². The molecule has 0 heterocycles. The minimum absolute atomic E-state index is 0.00878. The Hall–Kier alpha value is -3.43. The van der Waals surface area contributed by atoms with Gasteiger partial charge in [-0.2, -0.15) is 0 Å². The molecular weight excluding hydrogens is 356 g/mol. The Balaban J connectivity index is 1.55. The van der Waals surface area contributed by atoms with Crippen molar-refractivity contribution in [2.24, 2.45) is 0 Å². The molecule has 0 aliphatic carbocycles. The van der Waals surface area contributed by atoms with E-state index in [9.17, 15) is 4.79 Å². The summed E-state index contributed by atoms with van der Waals surface area (Å²) >= 11 is 0. The van der Waals surface area contributed by atoms with Crippen LogP contribution < -0.4 is 10.2 Å². The van der Waals surface area contributed by atoms with Gasteiger partial charge < -0.3 is 5.32 Å². The van der Waals surface area contributed by atoms with Gasteiger partial charge in [-0.25, -0.2) is 0 Å². The molecule has 3 heteroatoms. The summed E-state index contributed by atoms with van der Waals surface area (Å²) in [7, 11) is 0. The van der Waals surface area contributed by atoms with Gasteiger partial charge in [0.1, 0.15) is 0 Å². The molecule has 0 aliphatic heterocycles. The Morgan fingerprint density at radius 1 is 0.759 bits per heavy atom. The van der Waals surface area contributed by atoms with E-state index >= 15 is 0 Å². The summed E-state index contributed by atoms with van der Waals surface area (Å²) in [5.74, 6) is 0.00878. The summed E-state index contributed by atoms with van der Waals surface area (Å²) in [4.78, 5) is 15.0. The molecule has 4 aromatic rings. The molecule has 0 bridgehead atoms. The normalized spacial score (nSPS) is 11.9. The van der Waals surface area contributed by atoms with Gasteiger partial charge in [-0.05, 0) is 47.5 Å². The van der Waals surface area contributed by atoms with Gasteiger partial charge in [-0.15, -0.1) is 0 Å². The molecule has 0 radical (unpaired) electrons. The zero-order valence-corrected chi connectivity index (χ0v) is 16.5. The molecule has 1 amide bonds. The second kappa shape index (κ2) is 8.72. The Morgan fingerprint density at radius 3 is 1.97 bits per heavy atom. The average Bonchev–Trinajstić information content (AvgIpc) is 2.79. The van der Waals surface area contributed by atoms with Crippen molar-refractivity contribution in [3.63, 3.8) is 0 Å². The van der Waals surface area contributed by atoms with E-state index in [2.05, 4.69) is 48.6 Å². The molecule has 4 aromatic carbocycles. The average molecular weight is 380 g/mol. The second-order valence-electron chi connectivity index (χ2n) is 7.07. The predicted molar refractivity (Wildman–Crippen MR) is 120 cm³/mol. The molecule has 0 fully saturated rings. The first-order valence-electron chi connectivity index (χ1n) is 9.88. The molecular formula is C26H24N2O. The van der Waals surface area contributed by atoms with Gasteiger partial charge in [0.05, 0.1) is 6.54 Å². The fraction of sp³-hybridized carbons (Fsp3) is 0.115. The van der Waals surface area contributed by atoms with E-state index in [1.54, 1.807) is 4.90 Å². The molecule has 29 heavy (non-hydrogen) atoms. The van der Waals surface area contributed by atoms with E-state index in [0.717, 1.165) is 11.4 Å². The van der Waals surface area contributed by atoms with Crippen molar-refractivity contribution in [1.82, 2.24) is 5.32 Å². The van der Waals surface area contributed by atoms with Crippen LogP contribution in [0.3, 0.4) is 0 Å². The zero-order chi connectivity index (χ0) is 20.1. The van der Waals surface area contributed by atoms with Crippen molar-refractivity contribution in [2.75, 3.05) is 11.4 Å². The predicted octanol–water partition coefficient (Wildman–Crippen LogP) is 5.86. The number of nitrogens with one attached hydrogen (secondary N) is 1. The molecule has 144 valence electrons. The fourth-order valence-electron chi connectivity index (χ4n) is 3.65. The SMILES string of the molecule is C[C@H](NCC(=O)N(c1ccccc1)c1ccccc1)c1cccc2ccccc12. The van der Waals surface area contributed by atoms with Crippen LogP contribution in [0.25, 0.3) is 10.8 Å². The lowest BCUT2D eigenvalue weighted by molar-refractivity contribution is -0.117. The Morgan fingerprint density at radius 2 is 1.31 bits per heavy atom. The van der Waals surface area contributed by atoms with E-state index in [1.165, 1.54) is 16.3 Å². The molecule has 0 saturated carbocycles. The van der Waals surface area contributed by atoms with Crippen molar-refractivity contribution >= 4 is 28.1 Å². The molecule has 3 nitrogen and oxygen atoms in total. The van der Waals surface area contributed by atoms with E-state index in [0.29, 0.717) is 0 Å². The maximum Gasteiger partial charge on any atom is 0.245 e. The third kappa shape index (κ3) is 4.20. The molecule has 0 spiro atoms. The van der Waals surface area contributed by atoms with E-state index in [-0.39, 0.29) is 18.5 Å².